The first kappa shape index (κ1) is 33.2. The van der Waals surface area contributed by atoms with Crippen molar-refractivity contribution in [2.75, 3.05) is 39.4 Å². The molecule has 7 heteroatoms. The first-order valence-electron chi connectivity index (χ1n) is 18.1. The molecule has 1 saturated heterocycles. The molecule has 0 aromatic rings. The number of hydrogen-bond donors (Lipinski definition) is 2. The molecule has 252 valence electrons. The van der Waals surface area contributed by atoms with Crippen LogP contribution in [0.3, 0.4) is 0 Å². The number of rotatable bonds is 6. The summed E-state index contributed by atoms with van der Waals surface area (Å²) in [5.41, 5.74) is 0.112. The van der Waals surface area contributed by atoms with Crippen LogP contribution >= 0.6 is 0 Å². The average Bonchev–Trinajstić information content (AvgIpc) is 2.97. The summed E-state index contributed by atoms with van der Waals surface area (Å²) in [6.07, 6.45) is 11.3. The Hall–Kier alpha value is -1.73. The van der Waals surface area contributed by atoms with E-state index in [0.717, 1.165) is 90.6 Å². The molecule has 1 heterocycles. The molecule has 0 spiro atoms. The van der Waals surface area contributed by atoms with Gasteiger partial charge in [-0.1, -0.05) is 60.1 Å². The summed E-state index contributed by atoms with van der Waals surface area (Å²) in [5, 5.41) is 13.8. The van der Waals surface area contributed by atoms with E-state index in [9.17, 15) is 19.5 Å². The summed E-state index contributed by atoms with van der Waals surface area (Å²) in [4.78, 5) is 43.2. The molecule has 1 aliphatic heterocycles. The van der Waals surface area contributed by atoms with Crippen LogP contribution in [0.25, 0.3) is 0 Å². The van der Waals surface area contributed by atoms with Crippen molar-refractivity contribution in [1.29, 1.82) is 0 Å². The quantitative estimate of drug-likeness (QED) is 0.199. The van der Waals surface area contributed by atoms with Crippen LogP contribution in [-0.2, 0) is 19.1 Å². The van der Waals surface area contributed by atoms with E-state index in [1.165, 1.54) is 5.57 Å². The van der Waals surface area contributed by atoms with Gasteiger partial charge in [-0.15, -0.1) is 0 Å². The third-order valence-corrected chi connectivity index (χ3v) is 15.2. The first-order valence-corrected chi connectivity index (χ1v) is 18.1. The molecule has 0 bridgehead atoms. The Labute approximate surface area is 271 Å². The highest BCUT2D eigenvalue weighted by Crippen LogP contribution is 2.75. The maximum atomic E-state index is 14.1. The molecular formula is C38H60N2O5. The molecule has 5 fully saturated rings. The number of nitrogens with zero attached hydrogens (tertiary/aromatic N) is 1. The Morgan fingerprint density at radius 3 is 2.33 bits per heavy atom. The van der Waals surface area contributed by atoms with Gasteiger partial charge < -0.3 is 15.2 Å². The molecule has 8 atom stereocenters. The van der Waals surface area contributed by atoms with Crippen LogP contribution in [0.2, 0.25) is 0 Å². The lowest BCUT2D eigenvalue weighted by Gasteiger charge is -2.70. The Morgan fingerprint density at radius 1 is 0.956 bits per heavy atom. The number of carboxylic acids is 1. The highest BCUT2D eigenvalue weighted by molar-refractivity contribution is 6.04. The molecule has 4 saturated carbocycles. The van der Waals surface area contributed by atoms with E-state index in [2.05, 4.69) is 64.8 Å². The number of allylic oxidation sites excluding steroid dienone is 2. The molecule has 0 radical (unpaired) electrons. The zero-order valence-corrected chi connectivity index (χ0v) is 29.2. The molecule has 7 nitrogen and oxygen atoms in total. The molecule has 1 amide bonds. The van der Waals surface area contributed by atoms with Gasteiger partial charge in [-0.2, -0.15) is 0 Å². The van der Waals surface area contributed by atoms with Crippen molar-refractivity contribution >= 4 is 17.7 Å². The largest absolute Gasteiger partial charge is 0.481 e. The normalized spacial score (nSPS) is 44.0. The number of fused-ring (bicyclic) bond motifs is 7. The van der Waals surface area contributed by atoms with Crippen LogP contribution in [-0.4, -0.2) is 67.1 Å². The van der Waals surface area contributed by atoms with Crippen LogP contribution in [0.5, 0.6) is 0 Å². The van der Waals surface area contributed by atoms with Gasteiger partial charge in [0, 0.05) is 25.0 Å². The number of aliphatic carboxylic acids is 1. The summed E-state index contributed by atoms with van der Waals surface area (Å²) in [6, 6.07) is 0. The van der Waals surface area contributed by atoms with Crippen LogP contribution in [0, 0.1) is 56.2 Å². The number of morpholine rings is 1. The van der Waals surface area contributed by atoms with Crippen molar-refractivity contribution < 1.29 is 24.2 Å². The smallest absolute Gasteiger partial charge is 0.310 e. The number of amides is 1. The summed E-state index contributed by atoms with van der Waals surface area (Å²) in [6.45, 7) is 21.2. The van der Waals surface area contributed by atoms with E-state index in [0.29, 0.717) is 18.9 Å². The van der Waals surface area contributed by atoms with E-state index in [1.54, 1.807) is 0 Å². The lowest BCUT2D eigenvalue weighted by atomic mass is 9.33. The summed E-state index contributed by atoms with van der Waals surface area (Å²) >= 11 is 0. The van der Waals surface area contributed by atoms with Crippen LogP contribution in [0.4, 0.5) is 0 Å². The topological polar surface area (TPSA) is 95.9 Å². The minimum Gasteiger partial charge on any atom is -0.481 e. The van der Waals surface area contributed by atoms with Gasteiger partial charge in [-0.3, -0.25) is 19.3 Å². The van der Waals surface area contributed by atoms with E-state index in [4.69, 9.17) is 4.74 Å². The number of carbonyl (C=O) groups is 3. The summed E-state index contributed by atoms with van der Waals surface area (Å²) in [5.74, 6) is -0.526. The first-order chi connectivity index (χ1) is 21.0. The maximum absolute atomic E-state index is 14.1. The lowest BCUT2D eigenvalue weighted by molar-refractivity contribution is -0.195. The molecule has 2 N–H and O–H groups in total. The molecule has 6 rings (SSSR count). The Morgan fingerprint density at radius 2 is 1.64 bits per heavy atom. The SMILES string of the molecule is CC1(C)CC[C@]2(C(=O)O)CC[C@]3(C)C(=CCC4[C@@]5(C)CC(C(=O)NCCCN6CCOCC6)C(=O)C(C)(C)[C@@H]5CC[C@]43C)C2C1. The third kappa shape index (κ3) is 4.98. The zero-order chi connectivity index (χ0) is 32.6. The van der Waals surface area contributed by atoms with Crippen molar-refractivity contribution in [3.8, 4) is 0 Å². The van der Waals surface area contributed by atoms with Gasteiger partial charge in [0.15, 0.2) is 5.78 Å². The number of ether oxygens (including phenoxy) is 1. The number of nitrogens with one attached hydrogen (secondary N) is 1. The van der Waals surface area contributed by atoms with Gasteiger partial charge in [-0.05, 0) is 110 Å². The second-order valence-electron chi connectivity index (χ2n) is 18.1. The van der Waals surface area contributed by atoms with Gasteiger partial charge in [0.05, 0.1) is 24.5 Å². The lowest BCUT2D eigenvalue weighted by Crippen LogP contribution is -2.66. The molecule has 0 aromatic heterocycles. The van der Waals surface area contributed by atoms with Gasteiger partial charge in [0.2, 0.25) is 5.91 Å². The number of ketones is 1. The van der Waals surface area contributed by atoms with Crippen molar-refractivity contribution in [2.24, 2.45) is 56.2 Å². The minimum absolute atomic E-state index is 0.00969. The van der Waals surface area contributed by atoms with E-state index < -0.39 is 22.7 Å². The molecule has 5 aliphatic carbocycles. The fourth-order valence-corrected chi connectivity index (χ4v) is 12.3. The standard InChI is InChI=1S/C38H60N2O5/c1-33(2)13-15-38(32(43)44)16-14-36(6)26(27(38)24-33)9-10-29-35(5)23-25(30(41)34(3,4)28(35)11-12-37(29,36)7)31(42)39-17-8-18-40-19-21-45-22-20-40/h9,25,27-29H,8,10-24H2,1-7H3,(H,39,42)(H,43,44)/t25?,27?,28-,29?,35-,36+,37+,38-/m0/s1. The minimum atomic E-state index is -0.643. The van der Waals surface area contributed by atoms with Gasteiger partial charge in [-0.25, -0.2) is 0 Å². The van der Waals surface area contributed by atoms with Gasteiger partial charge in [0.1, 0.15) is 0 Å². The monoisotopic (exact) mass is 624 g/mol. The number of Topliss-reactive ketones (excluding diaryl/α,β-unsaturated/α-hetero) is 1. The number of carbonyl (C=O) groups excluding carboxylic acids is 2. The zero-order valence-electron chi connectivity index (χ0n) is 29.2. The second-order valence-corrected chi connectivity index (χ2v) is 18.1. The summed E-state index contributed by atoms with van der Waals surface area (Å²) in [7, 11) is 0. The fraction of sp³-hybridized carbons (Fsp3) is 0.868. The Balaban J connectivity index is 1.27. The maximum Gasteiger partial charge on any atom is 0.310 e. The fourth-order valence-electron chi connectivity index (χ4n) is 12.3. The Bertz CT molecular complexity index is 1250. The number of carboxylic acid groups (broad SMARTS) is 1. The predicted octanol–water partition coefficient (Wildman–Crippen LogP) is 6.51. The highest BCUT2D eigenvalue weighted by Gasteiger charge is 2.70. The molecule has 45 heavy (non-hydrogen) atoms. The van der Waals surface area contributed by atoms with Crippen molar-refractivity contribution in [2.45, 2.75) is 113 Å². The predicted molar refractivity (Wildman–Crippen MR) is 175 cm³/mol. The molecular weight excluding hydrogens is 564 g/mol. The van der Waals surface area contributed by atoms with E-state index in [1.807, 2.05) is 0 Å². The third-order valence-electron chi connectivity index (χ3n) is 15.2. The van der Waals surface area contributed by atoms with Crippen LogP contribution in [0.1, 0.15) is 113 Å². The van der Waals surface area contributed by atoms with Crippen molar-refractivity contribution in [1.82, 2.24) is 10.2 Å². The van der Waals surface area contributed by atoms with E-state index in [-0.39, 0.29) is 45.2 Å². The van der Waals surface area contributed by atoms with Crippen LogP contribution in [0.15, 0.2) is 11.6 Å². The number of hydrogen-bond acceptors (Lipinski definition) is 5. The van der Waals surface area contributed by atoms with E-state index >= 15 is 0 Å². The molecule has 6 aliphatic rings. The van der Waals surface area contributed by atoms with Crippen molar-refractivity contribution in [3.05, 3.63) is 11.6 Å². The van der Waals surface area contributed by atoms with Gasteiger partial charge >= 0.3 is 5.97 Å². The van der Waals surface area contributed by atoms with Crippen molar-refractivity contribution in [3.63, 3.8) is 0 Å². The average molecular weight is 625 g/mol. The highest BCUT2D eigenvalue weighted by atomic mass is 16.5. The van der Waals surface area contributed by atoms with Crippen LogP contribution < -0.4 is 5.32 Å². The molecule has 3 unspecified atom stereocenters. The molecule has 0 aromatic carbocycles. The second kappa shape index (κ2) is 11.2. The Kier molecular flexibility index (Phi) is 8.24. The summed E-state index contributed by atoms with van der Waals surface area (Å²) < 4.78 is 5.46. The van der Waals surface area contributed by atoms with Gasteiger partial charge in [0.25, 0.3) is 0 Å².